The summed E-state index contributed by atoms with van der Waals surface area (Å²) in [6, 6.07) is 16.0. The summed E-state index contributed by atoms with van der Waals surface area (Å²) in [6.45, 7) is -1.10. The summed E-state index contributed by atoms with van der Waals surface area (Å²) in [6.07, 6.45) is -5.47. The van der Waals surface area contributed by atoms with Gasteiger partial charge in [-0.1, -0.05) is 60.7 Å². The van der Waals surface area contributed by atoms with E-state index in [-0.39, 0.29) is 12.2 Å². The molecule has 0 saturated carbocycles. The van der Waals surface area contributed by atoms with Gasteiger partial charge in [0.15, 0.2) is 0 Å². The average Bonchev–Trinajstić information content (AvgIpc) is 2.74. The third-order valence-corrected chi connectivity index (χ3v) is 4.74. The Kier molecular flexibility index (Phi) is 5.92. The average molecular weight is 390 g/mol. The second kappa shape index (κ2) is 8.06. The van der Waals surface area contributed by atoms with Gasteiger partial charge in [-0.3, -0.25) is 4.79 Å². The maximum atomic E-state index is 13.0. The van der Waals surface area contributed by atoms with Crippen molar-refractivity contribution >= 4 is 5.78 Å². The van der Waals surface area contributed by atoms with Crippen molar-refractivity contribution in [2.45, 2.75) is 36.5 Å². The molecule has 2 aromatic carbocycles. The quantitative estimate of drug-likeness (QED) is 0.331. The minimum atomic E-state index is -3.07. The minimum Gasteiger partial charge on any atom is -0.394 e. The Balaban J connectivity index is 1.99. The molecule has 1 saturated heterocycles. The van der Waals surface area contributed by atoms with E-state index in [0.717, 1.165) is 0 Å². The predicted octanol–water partition coefficient (Wildman–Crippen LogP) is -0.424. The Hall–Kier alpha value is -2.17. The number of hydrogen-bond donors (Lipinski definition) is 5. The Bertz CT molecular complexity index is 798. The van der Waals surface area contributed by atoms with Crippen LogP contribution in [0, 0.1) is 0 Å². The number of Topliss-reactive ketones (excluding diaryl/α,β-unsaturated/α-hetero) is 1. The highest BCUT2D eigenvalue weighted by Gasteiger charge is 2.68. The normalized spacial score (nSPS) is 32.8. The van der Waals surface area contributed by atoms with E-state index < -0.39 is 42.3 Å². The fraction of sp³-hybridized carbons (Fsp3) is 0.350. The van der Waals surface area contributed by atoms with Crippen LogP contribution in [0.5, 0.6) is 0 Å². The van der Waals surface area contributed by atoms with Crippen LogP contribution < -0.4 is 0 Å². The molecule has 3 rings (SSSR count). The summed E-state index contributed by atoms with van der Waals surface area (Å²) in [7, 11) is 0. The molecule has 1 heterocycles. The molecule has 150 valence electrons. The van der Waals surface area contributed by atoms with Crippen molar-refractivity contribution in [2.24, 2.45) is 0 Å². The largest absolute Gasteiger partial charge is 0.394 e. The maximum absolute atomic E-state index is 13.0. The van der Waals surface area contributed by atoms with E-state index >= 15 is 0 Å². The van der Waals surface area contributed by atoms with Gasteiger partial charge < -0.3 is 35.0 Å². The van der Waals surface area contributed by atoms with E-state index in [0.29, 0.717) is 5.56 Å². The molecule has 1 fully saturated rings. The highest BCUT2D eigenvalue weighted by Crippen LogP contribution is 2.40. The standard InChI is InChI=1S/C20H22O8/c21-11-15-16(22)18(24)19(25,27-12-13-7-3-1-4-8-13)20(26,28-15)17(23)14-9-5-2-6-10-14/h1-10,15-16,18,21-22,24-26H,11-12H2/t15-,16-,18+,19+,20?/m1/s1. The van der Waals surface area contributed by atoms with E-state index in [4.69, 9.17) is 9.47 Å². The summed E-state index contributed by atoms with van der Waals surface area (Å²) < 4.78 is 10.6. The van der Waals surface area contributed by atoms with E-state index in [9.17, 15) is 30.3 Å². The first-order valence-electron chi connectivity index (χ1n) is 8.71. The van der Waals surface area contributed by atoms with Crippen molar-refractivity contribution < 1.29 is 39.8 Å². The molecule has 1 aliphatic rings. The summed E-state index contributed by atoms with van der Waals surface area (Å²) in [5.41, 5.74) is 0.559. The predicted molar refractivity (Wildman–Crippen MR) is 95.9 cm³/mol. The monoisotopic (exact) mass is 390 g/mol. The van der Waals surface area contributed by atoms with Crippen molar-refractivity contribution in [1.29, 1.82) is 0 Å². The van der Waals surface area contributed by atoms with E-state index in [1.807, 2.05) is 0 Å². The Morgan fingerprint density at radius 3 is 2.14 bits per heavy atom. The summed E-state index contributed by atoms with van der Waals surface area (Å²) >= 11 is 0. The molecule has 1 aliphatic heterocycles. The number of aliphatic hydroxyl groups is 5. The van der Waals surface area contributed by atoms with Crippen molar-refractivity contribution in [3.63, 3.8) is 0 Å². The molecule has 0 radical (unpaired) electrons. The van der Waals surface area contributed by atoms with Crippen molar-refractivity contribution in [3.8, 4) is 0 Å². The second-order valence-corrected chi connectivity index (χ2v) is 6.58. The number of benzene rings is 2. The van der Waals surface area contributed by atoms with Crippen molar-refractivity contribution in [2.75, 3.05) is 6.61 Å². The van der Waals surface area contributed by atoms with Gasteiger partial charge in [-0.2, -0.15) is 0 Å². The lowest BCUT2D eigenvalue weighted by atomic mass is 9.84. The molecule has 8 heteroatoms. The number of hydrogen-bond acceptors (Lipinski definition) is 8. The Morgan fingerprint density at radius 2 is 1.57 bits per heavy atom. The zero-order valence-electron chi connectivity index (χ0n) is 14.9. The van der Waals surface area contributed by atoms with Gasteiger partial charge in [0.05, 0.1) is 13.2 Å². The molecule has 28 heavy (non-hydrogen) atoms. The SMILES string of the molecule is O=C(c1ccccc1)C1(O)O[C@H](CO)[C@@H](O)[C@H](O)[C@]1(O)OCc1ccccc1. The number of ether oxygens (including phenoxy) is 2. The first-order valence-corrected chi connectivity index (χ1v) is 8.71. The highest BCUT2D eigenvalue weighted by atomic mass is 16.7. The Labute approximate surface area is 161 Å². The lowest BCUT2D eigenvalue weighted by molar-refractivity contribution is -0.438. The first kappa shape index (κ1) is 20.6. The van der Waals surface area contributed by atoms with Crippen LogP contribution in [0.1, 0.15) is 15.9 Å². The minimum absolute atomic E-state index is 0.0213. The second-order valence-electron chi connectivity index (χ2n) is 6.58. The molecule has 0 bridgehead atoms. The molecule has 8 nitrogen and oxygen atoms in total. The maximum Gasteiger partial charge on any atom is 0.290 e. The molecule has 0 aromatic heterocycles. The van der Waals surface area contributed by atoms with Gasteiger partial charge in [0.1, 0.15) is 18.3 Å². The highest BCUT2D eigenvalue weighted by molar-refractivity contribution is 6.02. The van der Waals surface area contributed by atoms with Crippen LogP contribution in [-0.2, 0) is 16.1 Å². The molecular weight excluding hydrogens is 368 g/mol. The molecule has 0 spiro atoms. The van der Waals surface area contributed by atoms with Crippen molar-refractivity contribution in [1.82, 2.24) is 0 Å². The molecule has 1 unspecified atom stereocenters. The van der Waals surface area contributed by atoms with Gasteiger partial charge in [0, 0.05) is 5.56 Å². The van der Waals surface area contributed by atoms with Gasteiger partial charge in [-0.15, -0.1) is 0 Å². The van der Waals surface area contributed by atoms with Gasteiger partial charge in [0.2, 0.25) is 5.78 Å². The molecule has 0 aliphatic carbocycles. The first-order chi connectivity index (χ1) is 13.3. The Morgan fingerprint density at radius 1 is 1.00 bits per heavy atom. The van der Waals surface area contributed by atoms with Crippen molar-refractivity contribution in [3.05, 3.63) is 71.8 Å². The molecular formula is C20H22O8. The molecule has 0 amide bonds. The van der Waals surface area contributed by atoms with Gasteiger partial charge in [-0.25, -0.2) is 0 Å². The van der Waals surface area contributed by atoms with Gasteiger partial charge >= 0.3 is 0 Å². The fourth-order valence-electron chi connectivity index (χ4n) is 3.11. The van der Waals surface area contributed by atoms with Crippen LogP contribution in [0.15, 0.2) is 60.7 Å². The van der Waals surface area contributed by atoms with E-state index in [1.165, 1.54) is 24.3 Å². The summed E-state index contributed by atoms with van der Waals surface area (Å²) in [5, 5.41) is 52.1. The molecule has 5 N–H and O–H groups in total. The number of carbonyl (C=O) groups excluding carboxylic acids is 1. The van der Waals surface area contributed by atoms with Crippen LogP contribution in [0.3, 0.4) is 0 Å². The lowest BCUT2D eigenvalue weighted by Gasteiger charge is -2.51. The zero-order chi connectivity index (χ0) is 20.4. The smallest absolute Gasteiger partial charge is 0.290 e. The van der Waals surface area contributed by atoms with E-state index in [1.54, 1.807) is 36.4 Å². The number of ketones is 1. The summed E-state index contributed by atoms with van der Waals surface area (Å²) in [4.78, 5) is 13.0. The topological polar surface area (TPSA) is 137 Å². The van der Waals surface area contributed by atoms with Crippen LogP contribution in [0.4, 0.5) is 0 Å². The summed E-state index contributed by atoms with van der Waals surface area (Å²) in [5.74, 6) is -7.16. The van der Waals surface area contributed by atoms with Gasteiger partial charge in [0.25, 0.3) is 11.6 Å². The van der Waals surface area contributed by atoms with Gasteiger partial charge in [-0.05, 0) is 5.56 Å². The zero-order valence-corrected chi connectivity index (χ0v) is 14.9. The number of carbonyl (C=O) groups is 1. The lowest BCUT2D eigenvalue weighted by Crippen LogP contribution is -2.76. The van der Waals surface area contributed by atoms with Crippen LogP contribution in [0.2, 0.25) is 0 Å². The third kappa shape index (κ3) is 3.47. The van der Waals surface area contributed by atoms with Crippen LogP contribution in [0.25, 0.3) is 0 Å². The number of rotatable bonds is 6. The number of aliphatic hydroxyl groups excluding tert-OH is 3. The molecule has 5 atom stereocenters. The van der Waals surface area contributed by atoms with Crippen LogP contribution >= 0.6 is 0 Å². The fourth-order valence-corrected chi connectivity index (χ4v) is 3.11. The third-order valence-electron chi connectivity index (χ3n) is 4.74. The van der Waals surface area contributed by atoms with E-state index in [2.05, 4.69) is 0 Å². The van der Waals surface area contributed by atoms with Crippen LogP contribution in [-0.4, -0.2) is 67.8 Å². The molecule has 2 aromatic rings.